The first-order valence-corrected chi connectivity index (χ1v) is 9.48. The maximum Gasteiger partial charge on any atom is 0.223 e. The number of hydrogen-bond donors (Lipinski definition) is 1. The summed E-state index contributed by atoms with van der Waals surface area (Å²) in [5.41, 5.74) is -0.459. The third kappa shape index (κ3) is 4.34. The molecular formula is C18H23N3O3S. The average Bonchev–Trinajstić information content (AvgIpc) is 3.25. The predicted molar refractivity (Wildman–Crippen MR) is 95.7 cm³/mol. The lowest BCUT2D eigenvalue weighted by Crippen LogP contribution is -2.44. The quantitative estimate of drug-likeness (QED) is 0.761. The molecule has 2 aromatic rings. The summed E-state index contributed by atoms with van der Waals surface area (Å²) in [6, 6.07) is 7.85. The summed E-state index contributed by atoms with van der Waals surface area (Å²) < 4.78 is 10.3. The molecule has 1 fully saturated rings. The van der Waals surface area contributed by atoms with Crippen molar-refractivity contribution in [2.75, 3.05) is 12.9 Å². The fourth-order valence-corrected chi connectivity index (χ4v) is 3.99. The van der Waals surface area contributed by atoms with Crippen LogP contribution in [-0.4, -0.2) is 28.9 Å². The number of carbonyl (C=O) groups is 1. The van der Waals surface area contributed by atoms with Crippen LogP contribution in [0.4, 0.5) is 0 Å². The lowest BCUT2D eigenvalue weighted by Gasteiger charge is -2.26. The van der Waals surface area contributed by atoms with Gasteiger partial charge in [0.05, 0.1) is 7.11 Å². The van der Waals surface area contributed by atoms with Crippen LogP contribution in [-0.2, 0) is 10.3 Å². The van der Waals surface area contributed by atoms with Gasteiger partial charge in [-0.2, -0.15) is 4.98 Å². The first-order chi connectivity index (χ1) is 12.1. The molecule has 1 N–H and O–H groups in total. The number of aryl methyl sites for hydroxylation is 1. The Morgan fingerprint density at radius 2 is 2.04 bits per heavy atom. The Balaban J connectivity index is 1.53. The van der Waals surface area contributed by atoms with Crippen molar-refractivity contribution in [3.05, 3.63) is 36.0 Å². The number of rotatable bonds is 7. The van der Waals surface area contributed by atoms with Crippen LogP contribution in [0.3, 0.4) is 0 Å². The van der Waals surface area contributed by atoms with Crippen molar-refractivity contribution >= 4 is 17.7 Å². The minimum atomic E-state index is -0.459. The number of methoxy groups -OCH3 is 1. The molecule has 0 spiro atoms. The monoisotopic (exact) mass is 361 g/mol. The number of thioether (sulfide) groups is 1. The number of amides is 1. The van der Waals surface area contributed by atoms with E-state index in [4.69, 9.17) is 9.26 Å². The highest BCUT2D eigenvalue weighted by atomic mass is 32.2. The number of nitrogens with one attached hydrogen (secondary N) is 1. The van der Waals surface area contributed by atoms with Crippen molar-refractivity contribution in [1.29, 1.82) is 0 Å². The second-order valence-electron chi connectivity index (χ2n) is 6.25. The second-order valence-corrected chi connectivity index (χ2v) is 7.42. The minimum Gasteiger partial charge on any atom is -0.497 e. The molecule has 1 saturated carbocycles. The number of carbonyl (C=O) groups excluding carboxylic acids is 1. The van der Waals surface area contributed by atoms with Crippen LogP contribution in [0.5, 0.6) is 5.75 Å². The number of aromatic nitrogens is 2. The van der Waals surface area contributed by atoms with Crippen molar-refractivity contribution in [2.24, 2.45) is 0 Å². The molecule has 1 heterocycles. The zero-order valence-corrected chi connectivity index (χ0v) is 15.4. The van der Waals surface area contributed by atoms with Crippen molar-refractivity contribution in [2.45, 2.75) is 49.5 Å². The molecule has 1 aliphatic carbocycles. The lowest BCUT2D eigenvalue weighted by atomic mass is 9.96. The normalized spacial score (nSPS) is 15.9. The van der Waals surface area contributed by atoms with Gasteiger partial charge in [0.2, 0.25) is 11.8 Å². The Morgan fingerprint density at radius 3 is 2.64 bits per heavy atom. The Labute approximate surface area is 151 Å². The molecule has 3 rings (SSSR count). The molecule has 1 aliphatic rings. The van der Waals surface area contributed by atoms with Gasteiger partial charge in [0.25, 0.3) is 0 Å². The fraction of sp³-hybridized carbons (Fsp3) is 0.500. The van der Waals surface area contributed by atoms with E-state index >= 15 is 0 Å². The van der Waals surface area contributed by atoms with Gasteiger partial charge in [-0.3, -0.25) is 4.79 Å². The Kier molecular flexibility index (Phi) is 5.63. The van der Waals surface area contributed by atoms with Crippen molar-refractivity contribution < 1.29 is 14.1 Å². The molecule has 1 aromatic carbocycles. The van der Waals surface area contributed by atoms with E-state index in [1.165, 1.54) is 0 Å². The summed E-state index contributed by atoms with van der Waals surface area (Å²) in [6.07, 6.45) is 4.31. The first-order valence-electron chi connectivity index (χ1n) is 8.50. The standard InChI is InChI=1S/C18H23N3O3S/c1-13-19-17(21-24-13)18(10-3-4-11-18)20-16(22)9-12-25-15-7-5-14(23-2)6-8-15/h5-8H,3-4,9-12H2,1-2H3,(H,20,22). The third-order valence-electron chi connectivity index (χ3n) is 4.45. The Morgan fingerprint density at radius 1 is 1.32 bits per heavy atom. The van der Waals surface area contributed by atoms with E-state index in [0.29, 0.717) is 18.1 Å². The Bertz CT molecular complexity index is 709. The van der Waals surface area contributed by atoms with E-state index in [-0.39, 0.29) is 5.91 Å². The van der Waals surface area contributed by atoms with Gasteiger partial charge in [-0.15, -0.1) is 11.8 Å². The summed E-state index contributed by atoms with van der Waals surface area (Å²) >= 11 is 1.66. The third-order valence-corrected chi connectivity index (χ3v) is 5.46. The lowest BCUT2D eigenvalue weighted by molar-refractivity contribution is -0.122. The zero-order valence-electron chi connectivity index (χ0n) is 14.6. The van der Waals surface area contributed by atoms with Crippen molar-refractivity contribution in [3.63, 3.8) is 0 Å². The topological polar surface area (TPSA) is 77.2 Å². The van der Waals surface area contributed by atoms with Crippen LogP contribution >= 0.6 is 11.8 Å². The van der Waals surface area contributed by atoms with E-state index in [2.05, 4.69) is 15.5 Å². The van der Waals surface area contributed by atoms with Gasteiger partial charge in [-0.25, -0.2) is 0 Å². The largest absolute Gasteiger partial charge is 0.497 e. The van der Waals surface area contributed by atoms with Crippen LogP contribution in [0.15, 0.2) is 33.7 Å². The first kappa shape index (κ1) is 17.8. The highest BCUT2D eigenvalue weighted by Crippen LogP contribution is 2.37. The zero-order chi connectivity index (χ0) is 17.7. The molecular weight excluding hydrogens is 338 g/mol. The molecule has 0 unspecified atom stereocenters. The van der Waals surface area contributed by atoms with Crippen LogP contribution in [0.1, 0.15) is 43.8 Å². The van der Waals surface area contributed by atoms with Gasteiger partial charge in [-0.1, -0.05) is 18.0 Å². The van der Waals surface area contributed by atoms with Gasteiger partial charge in [-0.05, 0) is 37.1 Å². The molecule has 0 radical (unpaired) electrons. The molecule has 6 nitrogen and oxygen atoms in total. The van der Waals surface area contributed by atoms with Crippen LogP contribution in [0.2, 0.25) is 0 Å². The molecule has 0 aliphatic heterocycles. The number of ether oxygens (including phenoxy) is 1. The van der Waals surface area contributed by atoms with E-state index in [0.717, 1.165) is 42.1 Å². The molecule has 0 atom stereocenters. The van der Waals surface area contributed by atoms with E-state index in [9.17, 15) is 4.79 Å². The summed E-state index contributed by atoms with van der Waals surface area (Å²) in [7, 11) is 1.65. The molecule has 1 amide bonds. The van der Waals surface area contributed by atoms with Crippen LogP contribution < -0.4 is 10.1 Å². The van der Waals surface area contributed by atoms with E-state index < -0.39 is 5.54 Å². The van der Waals surface area contributed by atoms with Gasteiger partial charge in [0.15, 0.2) is 5.82 Å². The number of benzene rings is 1. The van der Waals surface area contributed by atoms with Gasteiger partial charge >= 0.3 is 0 Å². The van der Waals surface area contributed by atoms with E-state index in [1.807, 2.05) is 24.3 Å². The SMILES string of the molecule is COc1ccc(SCCC(=O)NC2(c3noc(C)n3)CCCC2)cc1. The maximum absolute atomic E-state index is 12.4. The predicted octanol–water partition coefficient (Wildman–Crippen LogP) is 3.45. The minimum absolute atomic E-state index is 0.0327. The van der Waals surface area contributed by atoms with Gasteiger partial charge in [0.1, 0.15) is 11.3 Å². The maximum atomic E-state index is 12.4. The highest BCUT2D eigenvalue weighted by molar-refractivity contribution is 7.99. The molecule has 7 heteroatoms. The molecule has 1 aromatic heterocycles. The number of nitrogens with zero attached hydrogens (tertiary/aromatic N) is 2. The smallest absolute Gasteiger partial charge is 0.223 e. The van der Waals surface area contributed by atoms with Crippen molar-refractivity contribution in [3.8, 4) is 5.75 Å². The second kappa shape index (κ2) is 7.91. The summed E-state index contributed by atoms with van der Waals surface area (Å²) in [5.74, 6) is 2.73. The summed E-state index contributed by atoms with van der Waals surface area (Å²) in [4.78, 5) is 17.9. The number of hydrogen-bond acceptors (Lipinski definition) is 6. The fourth-order valence-electron chi connectivity index (χ4n) is 3.14. The molecule has 25 heavy (non-hydrogen) atoms. The summed E-state index contributed by atoms with van der Waals surface area (Å²) in [5, 5.41) is 7.22. The van der Waals surface area contributed by atoms with Crippen LogP contribution in [0, 0.1) is 6.92 Å². The highest BCUT2D eigenvalue weighted by Gasteiger charge is 2.41. The average molecular weight is 361 g/mol. The van der Waals surface area contributed by atoms with Crippen molar-refractivity contribution in [1.82, 2.24) is 15.5 Å². The van der Waals surface area contributed by atoms with E-state index in [1.54, 1.807) is 25.8 Å². The molecule has 0 bridgehead atoms. The van der Waals surface area contributed by atoms with Gasteiger partial charge in [0, 0.05) is 24.0 Å². The van der Waals surface area contributed by atoms with Gasteiger partial charge < -0.3 is 14.6 Å². The molecule has 134 valence electrons. The summed E-state index contributed by atoms with van der Waals surface area (Å²) in [6.45, 7) is 1.77. The Hall–Kier alpha value is -2.02. The molecule has 0 saturated heterocycles. The van der Waals surface area contributed by atoms with Crippen LogP contribution in [0.25, 0.3) is 0 Å².